The van der Waals surface area contributed by atoms with Gasteiger partial charge >= 0.3 is 0 Å². The van der Waals surface area contributed by atoms with Gasteiger partial charge in [0.05, 0.1) is 12.2 Å². The van der Waals surface area contributed by atoms with E-state index in [-0.39, 0.29) is 29.7 Å². The van der Waals surface area contributed by atoms with E-state index in [1.807, 2.05) is 30.3 Å². The fourth-order valence-electron chi connectivity index (χ4n) is 3.23. The standard InChI is InChI=1S/C25H20N2O5/c28-21-13-12-17(14-22(21)29)32-23-11-4-3-10-20(23)27-24(30)15-26-25(31)19-9-5-7-16-6-1-2-8-18(16)19/h1-14,28-29H,15H2,(H,26,31)(H,27,30). The highest BCUT2D eigenvalue weighted by Gasteiger charge is 2.13. The summed E-state index contributed by atoms with van der Waals surface area (Å²) >= 11 is 0. The van der Waals surface area contributed by atoms with Gasteiger partial charge in [0.15, 0.2) is 17.2 Å². The van der Waals surface area contributed by atoms with Crippen molar-refractivity contribution in [2.45, 2.75) is 0 Å². The van der Waals surface area contributed by atoms with Crippen LogP contribution < -0.4 is 15.4 Å². The van der Waals surface area contributed by atoms with Gasteiger partial charge in [-0.25, -0.2) is 0 Å². The van der Waals surface area contributed by atoms with Crippen LogP contribution in [0.1, 0.15) is 10.4 Å². The van der Waals surface area contributed by atoms with Gasteiger partial charge in [-0.05, 0) is 41.1 Å². The van der Waals surface area contributed by atoms with Crippen LogP contribution in [-0.2, 0) is 4.79 Å². The number of para-hydroxylation sites is 2. The Balaban J connectivity index is 1.42. The Labute approximate surface area is 183 Å². The Morgan fingerprint density at radius 2 is 1.56 bits per heavy atom. The maximum absolute atomic E-state index is 12.6. The summed E-state index contributed by atoms with van der Waals surface area (Å²) in [7, 11) is 0. The molecule has 7 nitrogen and oxygen atoms in total. The summed E-state index contributed by atoms with van der Waals surface area (Å²) in [4.78, 5) is 25.1. The second-order valence-electron chi connectivity index (χ2n) is 7.01. The molecule has 0 aliphatic rings. The number of hydrogen-bond donors (Lipinski definition) is 4. The molecule has 4 rings (SSSR count). The van der Waals surface area contributed by atoms with Crippen LogP contribution in [-0.4, -0.2) is 28.6 Å². The first-order valence-corrected chi connectivity index (χ1v) is 9.86. The summed E-state index contributed by atoms with van der Waals surface area (Å²) in [6.07, 6.45) is 0. The summed E-state index contributed by atoms with van der Waals surface area (Å²) < 4.78 is 5.72. The lowest BCUT2D eigenvalue weighted by Gasteiger charge is -2.13. The highest BCUT2D eigenvalue weighted by atomic mass is 16.5. The summed E-state index contributed by atoms with van der Waals surface area (Å²) in [6, 6.07) is 23.8. The molecule has 0 saturated carbocycles. The minimum atomic E-state index is -0.428. The minimum Gasteiger partial charge on any atom is -0.504 e. The molecule has 0 aromatic heterocycles. The Morgan fingerprint density at radius 3 is 2.41 bits per heavy atom. The molecule has 0 radical (unpaired) electrons. The zero-order chi connectivity index (χ0) is 22.5. The first-order chi connectivity index (χ1) is 15.5. The zero-order valence-electron chi connectivity index (χ0n) is 16.9. The molecule has 0 aliphatic carbocycles. The lowest BCUT2D eigenvalue weighted by Crippen LogP contribution is -2.33. The molecule has 0 saturated heterocycles. The molecule has 0 fully saturated rings. The van der Waals surface area contributed by atoms with Crippen LogP contribution >= 0.6 is 0 Å². The lowest BCUT2D eigenvalue weighted by molar-refractivity contribution is -0.115. The number of carbonyl (C=O) groups excluding carboxylic acids is 2. The number of amides is 2. The third kappa shape index (κ3) is 4.62. The number of phenolic OH excluding ortho intramolecular Hbond substituents is 2. The number of aromatic hydroxyl groups is 2. The normalized spacial score (nSPS) is 10.5. The largest absolute Gasteiger partial charge is 0.504 e. The van der Waals surface area contributed by atoms with Crippen LogP contribution in [0.3, 0.4) is 0 Å². The van der Waals surface area contributed by atoms with Gasteiger partial charge in [-0.3, -0.25) is 9.59 Å². The molecule has 7 heteroatoms. The molecule has 0 spiro atoms. The van der Waals surface area contributed by atoms with Crippen LogP contribution in [0.2, 0.25) is 0 Å². The van der Waals surface area contributed by atoms with Gasteiger partial charge in [0.25, 0.3) is 5.91 Å². The van der Waals surface area contributed by atoms with Crippen molar-refractivity contribution in [1.82, 2.24) is 5.32 Å². The van der Waals surface area contributed by atoms with E-state index in [0.29, 0.717) is 17.0 Å². The van der Waals surface area contributed by atoms with Crippen LogP contribution in [0.5, 0.6) is 23.0 Å². The third-order valence-corrected chi connectivity index (χ3v) is 4.78. The molecule has 4 aromatic carbocycles. The number of phenols is 2. The molecule has 4 aromatic rings. The van der Waals surface area contributed by atoms with Crippen molar-refractivity contribution in [3.63, 3.8) is 0 Å². The minimum absolute atomic E-state index is 0.226. The molecule has 160 valence electrons. The predicted octanol–water partition coefficient (Wildman–Crippen LogP) is 4.41. The predicted molar refractivity (Wildman–Crippen MR) is 121 cm³/mol. The molecule has 32 heavy (non-hydrogen) atoms. The summed E-state index contributed by atoms with van der Waals surface area (Å²) in [5.41, 5.74) is 0.885. The average molecular weight is 428 g/mol. The third-order valence-electron chi connectivity index (χ3n) is 4.78. The second-order valence-corrected chi connectivity index (χ2v) is 7.01. The zero-order valence-corrected chi connectivity index (χ0v) is 16.9. The average Bonchev–Trinajstić information content (AvgIpc) is 2.81. The van der Waals surface area contributed by atoms with Crippen LogP contribution in [0.15, 0.2) is 84.9 Å². The number of hydrogen-bond acceptors (Lipinski definition) is 5. The molecule has 0 heterocycles. The number of ether oxygens (including phenoxy) is 1. The summed E-state index contributed by atoms with van der Waals surface area (Å²) in [5, 5.41) is 26.2. The van der Waals surface area contributed by atoms with E-state index in [2.05, 4.69) is 10.6 Å². The van der Waals surface area contributed by atoms with E-state index >= 15 is 0 Å². The van der Waals surface area contributed by atoms with Crippen LogP contribution in [0, 0.1) is 0 Å². The van der Waals surface area contributed by atoms with Gasteiger partial charge in [0.1, 0.15) is 5.75 Å². The quantitative estimate of drug-likeness (QED) is 0.340. The molecular weight excluding hydrogens is 408 g/mol. The number of benzene rings is 4. The summed E-state index contributed by atoms with van der Waals surface area (Å²) in [5.74, 6) is -0.733. The number of carbonyl (C=O) groups is 2. The molecule has 0 atom stereocenters. The Hall–Kier alpha value is -4.52. The van der Waals surface area contributed by atoms with E-state index in [1.54, 1.807) is 36.4 Å². The van der Waals surface area contributed by atoms with Crippen molar-refractivity contribution in [2.75, 3.05) is 11.9 Å². The molecule has 0 aliphatic heterocycles. The van der Waals surface area contributed by atoms with Gasteiger partial charge in [-0.1, -0.05) is 48.5 Å². The fourth-order valence-corrected chi connectivity index (χ4v) is 3.23. The van der Waals surface area contributed by atoms with Crippen LogP contribution in [0.25, 0.3) is 10.8 Å². The first kappa shape index (κ1) is 20.7. The van der Waals surface area contributed by atoms with Gasteiger partial charge in [0.2, 0.25) is 5.91 Å². The van der Waals surface area contributed by atoms with Crippen molar-refractivity contribution >= 4 is 28.3 Å². The van der Waals surface area contributed by atoms with Crippen LogP contribution in [0.4, 0.5) is 5.69 Å². The van der Waals surface area contributed by atoms with Gasteiger partial charge in [-0.2, -0.15) is 0 Å². The van der Waals surface area contributed by atoms with Crippen molar-refractivity contribution < 1.29 is 24.5 Å². The molecular formula is C25H20N2O5. The van der Waals surface area contributed by atoms with E-state index < -0.39 is 5.91 Å². The molecule has 4 N–H and O–H groups in total. The number of anilines is 1. The van der Waals surface area contributed by atoms with Crippen molar-refractivity contribution in [3.05, 3.63) is 90.5 Å². The smallest absolute Gasteiger partial charge is 0.252 e. The van der Waals surface area contributed by atoms with Gasteiger partial charge in [-0.15, -0.1) is 0 Å². The van der Waals surface area contributed by atoms with Gasteiger partial charge < -0.3 is 25.6 Å². The van der Waals surface area contributed by atoms with Gasteiger partial charge in [0, 0.05) is 11.6 Å². The maximum Gasteiger partial charge on any atom is 0.252 e. The highest BCUT2D eigenvalue weighted by Crippen LogP contribution is 2.34. The molecule has 2 amide bonds. The van der Waals surface area contributed by atoms with E-state index in [4.69, 9.17) is 4.74 Å². The van der Waals surface area contributed by atoms with E-state index in [0.717, 1.165) is 10.8 Å². The highest BCUT2D eigenvalue weighted by molar-refractivity contribution is 6.08. The maximum atomic E-state index is 12.6. The number of fused-ring (bicyclic) bond motifs is 1. The molecule has 0 unspecified atom stereocenters. The molecule has 0 bridgehead atoms. The second kappa shape index (κ2) is 9.09. The Kier molecular flexibility index (Phi) is 5.89. The number of nitrogens with one attached hydrogen (secondary N) is 2. The monoisotopic (exact) mass is 428 g/mol. The van der Waals surface area contributed by atoms with E-state index in [1.165, 1.54) is 18.2 Å². The van der Waals surface area contributed by atoms with Crippen molar-refractivity contribution in [1.29, 1.82) is 0 Å². The number of rotatable bonds is 6. The Bertz CT molecular complexity index is 1300. The topological polar surface area (TPSA) is 108 Å². The fraction of sp³-hybridized carbons (Fsp3) is 0.0400. The Morgan fingerprint density at radius 1 is 0.812 bits per heavy atom. The lowest BCUT2D eigenvalue weighted by atomic mass is 10.0. The summed E-state index contributed by atoms with van der Waals surface area (Å²) in [6.45, 7) is -0.226. The van der Waals surface area contributed by atoms with E-state index in [9.17, 15) is 19.8 Å². The SMILES string of the molecule is O=C(CNC(=O)c1cccc2ccccc12)Nc1ccccc1Oc1ccc(O)c(O)c1. The van der Waals surface area contributed by atoms with Crippen molar-refractivity contribution in [3.8, 4) is 23.0 Å². The van der Waals surface area contributed by atoms with Crippen molar-refractivity contribution in [2.24, 2.45) is 0 Å². The first-order valence-electron chi connectivity index (χ1n) is 9.86.